The Kier molecular flexibility index (Phi) is 8.36. The molecular weight excluding hydrogens is 482 g/mol. The number of carbonyl (C=O) groups excluding carboxylic acids is 1. The highest BCUT2D eigenvalue weighted by molar-refractivity contribution is 7.22. The van der Waals surface area contributed by atoms with Crippen LogP contribution in [0.5, 0.6) is 11.5 Å². The molecule has 1 aliphatic rings. The average Bonchev–Trinajstić information content (AvgIpc) is 3.31. The van der Waals surface area contributed by atoms with Crippen LogP contribution in [0.15, 0.2) is 72.8 Å². The van der Waals surface area contributed by atoms with Crippen LogP contribution < -0.4 is 9.64 Å². The molecule has 5 rings (SSSR count). The van der Waals surface area contributed by atoms with Crippen molar-refractivity contribution < 1.29 is 14.3 Å². The number of aromatic nitrogens is 1. The second-order valence-corrected chi connectivity index (χ2v) is 9.28. The Morgan fingerprint density at radius 2 is 1.71 bits per heavy atom. The molecule has 1 amide bonds. The van der Waals surface area contributed by atoms with Crippen LogP contribution in [0.25, 0.3) is 10.2 Å². The van der Waals surface area contributed by atoms with E-state index in [0.717, 1.165) is 59.5 Å². The number of aryl methyl sites for hydroxylation is 1. The molecule has 1 saturated heterocycles. The molecule has 182 valence electrons. The molecule has 8 heteroatoms. The van der Waals surface area contributed by atoms with Gasteiger partial charge in [0, 0.05) is 31.7 Å². The highest BCUT2D eigenvalue weighted by atomic mass is 35.5. The van der Waals surface area contributed by atoms with Crippen LogP contribution in [0.3, 0.4) is 0 Å². The van der Waals surface area contributed by atoms with E-state index in [4.69, 9.17) is 14.5 Å². The van der Waals surface area contributed by atoms with Crippen molar-refractivity contribution in [1.82, 2.24) is 9.88 Å². The third-order valence-electron chi connectivity index (χ3n) is 5.91. The minimum absolute atomic E-state index is 0. The van der Waals surface area contributed by atoms with Gasteiger partial charge < -0.3 is 9.47 Å². The number of nitrogens with zero attached hydrogens (tertiary/aromatic N) is 3. The minimum atomic E-state index is -0.0590. The lowest BCUT2D eigenvalue weighted by molar-refractivity contribution is 0.0391. The van der Waals surface area contributed by atoms with Crippen LogP contribution in [0.2, 0.25) is 0 Å². The monoisotopic (exact) mass is 509 g/mol. The predicted molar refractivity (Wildman–Crippen MR) is 143 cm³/mol. The van der Waals surface area contributed by atoms with Crippen molar-refractivity contribution in [3.8, 4) is 11.5 Å². The standard InChI is InChI=1S/C27H27N3O3S.ClH/c1-20-6-5-9-24-25(20)28-27(34-24)30(15-14-29-16-18-32-19-17-29)26(31)21-10-12-23(13-11-21)33-22-7-3-2-4-8-22;/h2-13H,14-19H2,1H3;1H. The average molecular weight is 510 g/mol. The van der Waals surface area contributed by atoms with Crippen LogP contribution in [-0.2, 0) is 4.74 Å². The molecule has 0 atom stereocenters. The number of morpholine rings is 1. The van der Waals surface area contributed by atoms with Gasteiger partial charge in [0.05, 0.1) is 23.4 Å². The zero-order chi connectivity index (χ0) is 23.3. The SMILES string of the molecule is Cc1cccc2sc(N(CCN3CCOCC3)C(=O)c3ccc(Oc4ccccc4)cc3)nc12.Cl. The fourth-order valence-corrected chi connectivity index (χ4v) is 5.05. The van der Waals surface area contributed by atoms with Crippen LogP contribution in [0, 0.1) is 6.92 Å². The fourth-order valence-electron chi connectivity index (χ4n) is 3.99. The molecule has 0 saturated carbocycles. The second kappa shape index (κ2) is 11.6. The number of rotatable bonds is 7. The first-order valence-electron chi connectivity index (χ1n) is 11.5. The fraction of sp³-hybridized carbons (Fsp3) is 0.259. The number of hydrogen-bond donors (Lipinski definition) is 0. The van der Waals surface area contributed by atoms with E-state index >= 15 is 0 Å². The van der Waals surface area contributed by atoms with Gasteiger partial charge in [-0.1, -0.05) is 41.7 Å². The number of para-hydroxylation sites is 2. The van der Waals surface area contributed by atoms with Crippen molar-refractivity contribution in [1.29, 1.82) is 0 Å². The van der Waals surface area contributed by atoms with Crippen molar-refractivity contribution in [2.24, 2.45) is 0 Å². The number of halogens is 1. The highest BCUT2D eigenvalue weighted by Crippen LogP contribution is 2.31. The lowest BCUT2D eigenvalue weighted by Gasteiger charge is -2.29. The van der Waals surface area contributed by atoms with Gasteiger partial charge in [0.2, 0.25) is 0 Å². The van der Waals surface area contributed by atoms with Gasteiger partial charge in [-0.15, -0.1) is 12.4 Å². The number of ether oxygens (including phenoxy) is 2. The maximum absolute atomic E-state index is 13.7. The molecule has 2 heterocycles. The maximum Gasteiger partial charge on any atom is 0.260 e. The first kappa shape index (κ1) is 25.1. The number of hydrogen-bond acceptors (Lipinski definition) is 6. The van der Waals surface area contributed by atoms with E-state index in [9.17, 15) is 4.79 Å². The number of thiazole rings is 1. The first-order chi connectivity index (χ1) is 16.7. The number of benzene rings is 3. The number of anilines is 1. The zero-order valence-corrected chi connectivity index (χ0v) is 21.2. The molecule has 1 fully saturated rings. The molecule has 1 aliphatic heterocycles. The molecule has 0 bridgehead atoms. The molecule has 0 aliphatic carbocycles. The van der Waals surface area contributed by atoms with E-state index in [0.29, 0.717) is 17.9 Å². The van der Waals surface area contributed by atoms with Gasteiger partial charge in [-0.3, -0.25) is 14.6 Å². The molecule has 1 aromatic heterocycles. The summed E-state index contributed by atoms with van der Waals surface area (Å²) in [4.78, 5) is 22.7. The summed E-state index contributed by atoms with van der Waals surface area (Å²) in [6.45, 7) is 6.63. The lowest BCUT2D eigenvalue weighted by Crippen LogP contribution is -2.43. The highest BCUT2D eigenvalue weighted by Gasteiger charge is 2.23. The summed E-state index contributed by atoms with van der Waals surface area (Å²) in [5, 5.41) is 0.729. The summed E-state index contributed by atoms with van der Waals surface area (Å²) < 4.78 is 12.4. The summed E-state index contributed by atoms with van der Waals surface area (Å²) in [5.74, 6) is 1.40. The zero-order valence-electron chi connectivity index (χ0n) is 19.6. The van der Waals surface area contributed by atoms with Crippen LogP contribution >= 0.6 is 23.7 Å². The van der Waals surface area contributed by atoms with E-state index in [1.165, 1.54) is 0 Å². The topological polar surface area (TPSA) is 54.9 Å². The van der Waals surface area contributed by atoms with E-state index in [2.05, 4.69) is 24.0 Å². The Balaban J connectivity index is 0.00000289. The minimum Gasteiger partial charge on any atom is -0.457 e. The lowest BCUT2D eigenvalue weighted by atomic mass is 10.2. The van der Waals surface area contributed by atoms with Crippen LogP contribution in [0.1, 0.15) is 15.9 Å². The molecule has 0 unspecified atom stereocenters. The number of amides is 1. The van der Waals surface area contributed by atoms with E-state index < -0.39 is 0 Å². The Hall–Kier alpha value is -2.97. The normalized spacial score (nSPS) is 13.9. The molecule has 0 spiro atoms. The van der Waals surface area contributed by atoms with Crippen molar-refractivity contribution >= 4 is 45.0 Å². The summed E-state index contributed by atoms with van der Waals surface area (Å²) >= 11 is 1.56. The van der Waals surface area contributed by atoms with Crippen LogP contribution in [-0.4, -0.2) is 55.2 Å². The summed E-state index contributed by atoms with van der Waals surface area (Å²) in [6.07, 6.45) is 0. The molecule has 6 nitrogen and oxygen atoms in total. The van der Waals surface area contributed by atoms with Crippen molar-refractivity contribution in [3.63, 3.8) is 0 Å². The van der Waals surface area contributed by atoms with E-state index in [-0.39, 0.29) is 18.3 Å². The molecule has 35 heavy (non-hydrogen) atoms. The van der Waals surface area contributed by atoms with Crippen molar-refractivity contribution in [2.45, 2.75) is 6.92 Å². The Labute approximate surface area is 215 Å². The molecule has 3 aromatic carbocycles. The Morgan fingerprint density at radius 1 is 1.00 bits per heavy atom. The summed E-state index contributed by atoms with van der Waals surface area (Å²) in [7, 11) is 0. The summed E-state index contributed by atoms with van der Waals surface area (Å²) in [6, 6.07) is 23.1. The largest absolute Gasteiger partial charge is 0.457 e. The Morgan fingerprint density at radius 3 is 2.43 bits per heavy atom. The van der Waals surface area contributed by atoms with Gasteiger partial charge in [0.25, 0.3) is 5.91 Å². The van der Waals surface area contributed by atoms with Gasteiger partial charge in [-0.05, 0) is 55.0 Å². The number of carbonyl (C=O) groups is 1. The predicted octanol–water partition coefficient (Wildman–Crippen LogP) is 5.80. The van der Waals surface area contributed by atoms with E-state index in [1.807, 2.05) is 65.6 Å². The number of fused-ring (bicyclic) bond motifs is 1. The second-order valence-electron chi connectivity index (χ2n) is 8.27. The molecule has 0 radical (unpaired) electrons. The van der Waals surface area contributed by atoms with Gasteiger partial charge in [-0.2, -0.15) is 0 Å². The molecular formula is C27H28ClN3O3S. The van der Waals surface area contributed by atoms with Gasteiger partial charge >= 0.3 is 0 Å². The van der Waals surface area contributed by atoms with Gasteiger partial charge in [0.1, 0.15) is 11.5 Å². The third kappa shape index (κ3) is 6.00. The van der Waals surface area contributed by atoms with Crippen LogP contribution in [0.4, 0.5) is 5.13 Å². The van der Waals surface area contributed by atoms with E-state index in [1.54, 1.807) is 11.3 Å². The molecule has 0 N–H and O–H groups in total. The quantitative estimate of drug-likeness (QED) is 0.315. The Bertz CT molecular complexity index is 1260. The van der Waals surface area contributed by atoms with Gasteiger partial charge in [-0.25, -0.2) is 4.98 Å². The van der Waals surface area contributed by atoms with Crippen molar-refractivity contribution in [2.75, 3.05) is 44.3 Å². The smallest absolute Gasteiger partial charge is 0.260 e. The van der Waals surface area contributed by atoms with Gasteiger partial charge in [0.15, 0.2) is 5.13 Å². The molecule has 4 aromatic rings. The first-order valence-corrected chi connectivity index (χ1v) is 12.3. The maximum atomic E-state index is 13.7. The third-order valence-corrected chi connectivity index (χ3v) is 6.95. The van der Waals surface area contributed by atoms with Crippen molar-refractivity contribution in [3.05, 3.63) is 83.9 Å². The summed E-state index contributed by atoms with van der Waals surface area (Å²) in [5.41, 5.74) is 2.68.